The maximum atomic E-state index is 8.99. The maximum Gasteiger partial charge on any atom is 0.133 e. The molecular weight excluding hydrogens is 223 g/mol. The first-order valence-electron chi connectivity index (χ1n) is 4.18. The van der Waals surface area contributed by atoms with Crippen LogP contribution in [0.15, 0.2) is 18.3 Å². The van der Waals surface area contributed by atoms with E-state index in [0.29, 0.717) is 18.2 Å². The molecule has 0 saturated heterocycles. The molecule has 0 aromatic carbocycles. The molecule has 2 N–H and O–H groups in total. The minimum Gasteiger partial charge on any atom is -0.392 e. The van der Waals surface area contributed by atoms with Crippen LogP contribution in [0.1, 0.15) is 12.5 Å². The standard InChI is InChI=1S/C9H13ClN2O.ClH/c1-7(13)5-11-6-8-3-2-4-12-9(8)10;/h2-4,7,11,13H,5-6H2,1H3;1H. The van der Waals surface area contributed by atoms with Gasteiger partial charge in [0.25, 0.3) is 0 Å². The van der Waals surface area contributed by atoms with Crippen LogP contribution in [-0.2, 0) is 6.54 Å². The van der Waals surface area contributed by atoms with Gasteiger partial charge in [-0.1, -0.05) is 17.7 Å². The summed E-state index contributed by atoms with van der Waals surface area (Å²) < 4.78 is 0. The molecule has 1 aromatic heterocycles. The highest BCUT2D eigenvalue weighted by atomic mass is 35.5. The number of aromatic nitrogens is 1. The molecule has 3 nitrogen and oxygen atoms in total. The monoisotopic (exact) mass is 236 g/mol. The smallest absolute Gasteiger partial charge is 0.133 e. The van der Waals surface area contributed by atoms with Gasteiger partial charge in [0.05, 0.1) is 6.10 Å². The molecule has 1 heterocycles. The van der Waals surface area contributed by atoms with Crippen molar-refractivity contribution in [3.8, 4) is 0 Å². The molecule has 0 fully saturated rings. The molecule has 1 aromatic rings. The van der Waals surface area contributed by atoms with Crippen molar-refractivity contribution in [2.24, 2.45) is 0 Å². The number of aliphatic hydroxyl groups excluding tert-OH is 1. The Bertz CT molecular complexity index is 269. The van der Waals surface area contributed by atoms with Gasteiger partial charge in [0, 0.05) is 24.8 Å². The summed E-state index contributed by atoms with van der Waals surface area (Å²) in [4.78, 5) is 3.94. The molecule has 14 heavy (non-hydrogen) atoms. The van der Waals surface area contributed by atoms with E-state index >= 15 is 0 Å². The second-order valence-corrected chi connectivity index (χ2v) is 3.29. The Morgan fingerprint density at radius 1 is 1.64 bits per heavy atom. The fourth-order valence-corrected chi connectivity index (χ4v) is 1.15. The van der Waals surface area contributed by atoms with Crippen LogP contribution in [0.4, 0.5) is 0 Å². The van der Waals surface area contributed by atoms with Crippen LogP contribution in [0.2, 0.25) is 5.15 Å². The predicted molar refractivity (Wildman–Crippen MR) is 59.9 cm³/mol. The van der Waals surface area contributed by atoms with E-state index in [1.54, 1.807) is 13.1 Å². The lowest BCUT2D eigenvalue weighted by Gasteiger charge is -2.07. The van der Waals surface area contributed by atoms with Crippen LogP contribution in [0.3, 0.4) is 0 Å². The van der Waals surface area contributed by atoms with Gasteiger partial charge in [-0.15, -0.1) is 12.4 Å². The van der Waals surface area contributed by atoms with Gasteiger partial charge in [-0.25, -0.2) is 4.98 Å². The number of nitrogens with zero attached hydrogens (tertiary/aromatic N) is 1. The highest BCUT2D eigenvalue weighted by Gasteiger charge is 2.00. The summed E-state index contributed by atoms with van der Waals surface area (Å²) in [6, 6.07) is 3.75. The fraction of sp³-hybridized carbons (Fsp3) is 0.444. The molecule has 1 rings (SSSR count). The number of hydrogen-bond acceptors (Lipinski definition) is 3. The van der Waals surface area contributed by atoms with E-state index in [1.165, 1.54) is 0 Å². The second-order valence-electron chi connectivity index (χ2n) is 2.93. The van der Waals surface area contributed by atoms with E-state index in [1.807, 2.05) is 12.1 Å². The average molecular weight is 237 g/mol. The van der Waals surface area contributed by atoms with Crippen LogP contribution >= 0.6 is 24.0 Å². The van der Waals surface area contributed by atoms with E-state index < -0.39 is 0 Å². The van der Waals surface area contributed by atoms with Gasteiger partial charge in [0.1, 0.15) is 5.15 Å². The van der Waals surface area contributed by atoms with Crippen molar-refractivity contribution in [3.05, 3.63) is 29.0 Å². The number of aliphatic hydroxyl groups is 1. The van der Waals surface area contributed by atoms with Gasteiger partial charge in [-0.05, 0) is 13.0 Å². The zero-order valence-electron chi connectivity index (χ0n) is 7.90. The van der Waals surface area contributed by atoms with Crippen molar-refractivity contribution in [1.82, 2.24) is 10.3 Å². The van der Waals surface area contributed by atoms with Crippen molar-refractivity contribution < 1.29 is 5.11 Å². The van der Waals surface area contributed by atoms with Gasteiger partial charge in [0.2, 0.25) is 0 Å². The predicted octanol–water partition coefficient (Wildman–Crippen LogP) is 1.63. The summed E-state index contributed by atoms with van der Waals surface area (Å²) in [5, 5.41) is 12.6. The molecular formula is C9H14Cl2N2O. The summed E-state index contributed by atoms with van der Waals surface area (Å²) in [5.41, 5.74) is 0.949. The van der Waals surface area contributed by atoms with Crippen LogP contribution in [-0.4, -0.2) is 22.7 Å². The van der Waals surface area contributed by atoms with Crippen molar-refractivity contribution in [2.45, 2.75) is 19.6 Å². The largest absolute Gasteiger partial charge is 0.392 e. The molecule has 1 unspecified atom stereocenters. The maximum absolute atomic E-state index is 8.99. The van der Waals surface area contributed by atoms with Crippen molar-refractivity contribution in [2.75, 3.05) is 6.54 Å². The lowest BCUT2D eigenvalue weighted by atomic mass is 10.3. The van der Waals surface area contributed by atoms with Crippen molar-refractivity contribution in [3.63, 3.8) is 0 Å². The summed E-state index contributed by atoms with van der Waals surface area (Å²) in [7, 11) is 0. The molecule has 0 radical (unpaired) electrons. The Morgan fingerprint density at radius 3 is 2.93 bits per heavy atom. The number of hydrogen-bond donors (Lipinski definition) is 2. The summed E-state index contributed by atoms with van der Waals surface area (Å²) in [5.74, 6) is 0. The van der Waals surface area contributed by atoms with E-state index in [9.17, 15) is 0 Å². The third-order valence-electron chi connectivity index (χ3n) is 1.59. The third-order valence-corrected chi connectivity index (χ3v) is 1.93. The summed E-state index contributed by atoms with van der Waals surface area (Å²) in [6.07, 6.45) is 1.32. The Hall–Kier alpha value is -0.350. The van der Waals surface area contributed by atoms with Crippen LogP contribution in [0, 0.1) is 0 Å². The Kier molecular flexibility index (Phi) is 6.83. The molecule has 0 aliphatic carbocycles. The number of pyridine rings is 1. The van der Waals surface area contributed by atoms with Gasteiger partial charge in [-0.3, -0.25) is 0 Å². The molecule has 80 valence electrons. The van der Waals surface area contributed by atoms with Crippen LogP contribution in [0.25, 0.3) is 0 Å². The summed E-state index contributed by atoms with van der Waals surface area (Å²) >= 11 is 5.83. The van der Waals surface area contributed by atoms with Gasteiger partial charge >= 0.3 is 0 Å². The highest BCUT2D eigenvalue weighted by molar-refractivity contribution is 6.30. The molecule has 0 aliphatic rings. The van der Waals surface area contributed by atoms with Gasteiger partial charge < -0.3 is 10.4 Å². The van der Waals surface area contributed by atoms with E-state index in [-0.39, 0.29) is 18.5 Å². The van der Waals surface area contributed by atoms with E-state index in [4.69, 9.17) is 16.7 Å². The van der Waals surface area contributed by atoms with Crippen LogP contribution in [0.5, 0.6) is 0 Å². The number of rotatable bonds is 4. The molecule has 0 aliphatic heterocycles. The topological polar surface area (TPSA) is 45.1 Å². The van der Waals surface area contributed by atoms with E-state index in [2.05, 4.69) is 10.3 Å². The lowest BCUT2D eigenvalue weighted by Crippen LogP contribution is -2.24. The molecule has 0 saturated carbocycles. The normalized spacial score (nSPS) is 11.9. The van der Waals surface area contributed by atoms with Crippen molar-refractivity contribution >= 4 is 24.0 Å². The molecule has 0 spiro atoms. The van der Waals surface area contributed by atoms with Crippen molar-refractivity contribution in [1.29, 1.82) is 0 Å². The zero-order chi connectivity index (χ0) is 9.68. The number of nitrogens with one attached hydrogen (secondary N) is 1. The number of halogens is 2. The summed E-state index contributed by atoms with van der Waals surface area (Å²) in [6.45, 7) is 2.93. The minimum absolute atomic E-state index is 0. The molecule has 5 heteroatoms. The minimum atomic E-state index is -0.338. The average Bonchev–Trinajstić information content (AvgIpc) is 2.08. The zero-order valence-corrected chi connectivity index (χ0v) is 9.48. The molecule has 1 atom stereocenters. The SMILES string of the molecule is CC(O)CNCc1cccnc1Cl.Cl. The highest BCUT2D eigenvalue weighted by Crippen LogP contribution is 2.10. The Labute approximate surface area is 94.9 Å². The lowest BCUT2D eigenvalue weighted by molar-refractivity contribution is 0.191. The third kappa shape index (κ3) is 4.77. The van der Waals surface area contributed by atoms with Gasteiger partial charge in [0.15, 0.2) is 0 Å². The molecule has 0 amide bonds. The second kappa shape index (κ2) is 7.01. The van der Waals surface area contributed by atoms with Gasteiger partial charge in [-0.2, -0.15) is 0 Å². The molecule has 0 bridgehead atoms. The van der Waals surface area contributed by atoms with E-state index in [0.717, 1.165) is 5.56 Å². The Morgan fingerprint density at radius 2 is 2.36 bits per heavy atom. The Balaban J connectivity index is 0.00000169. The first-order chi connectivity index (χ1) is 6.20. The quantitative estimate of drug-likeness (QED) is 0.782. The fourth-order valence-electron chi connectivity index (χ4n) is 0.967. The first-order valence-corrected chi connectivity index (χ1v) is 4.56. The first kappa shape index (κ1) is 13.7. The van der Waals surface area contributed by atoms with Crippen LogP contribution < -0.4 is 5.32 Å².